The van der Waals surface area contributed by atoms with Crippen LogP contribution in [0.5, 0.6) is 0 Å². The number of esters is 1. The quantitative estimate of drug-likeness (QED) is 0.684. The molecule has 0 aliphatic carbocycles. The highest BCUT2D eigenvalue weighted by Crippen LogP contribution is 2.36. The molecule has 1 aliphatic rings. The number of anilines is 2. The van der Waals surface area contributed by atoms with Gasteiger partial charge in [-0.3, -0.25) is 0 Å². The molecule has 4 nitrogen and oxygen atoms in total. The summed E-state index contributed by atoms with van der Waals surface area (Å²) in [6, 6.07) is 3.70. The van der Waals surface area contributed by atoms with Crippen LogP contribution in [0, 0.1) is 0 Å². The number of rotatable bonds is 4. The van der Waals surface area contributed by atoms with Gasteiger partial charge >= 0.3 is 5.97 Å². The Kier molecular flexibility index (Phi) is 5.05. The fraction of sp³-hybridized carbons (Fsp3) is 0.500. The van der Waals surface area contributed by atoms with Crippen LogP contribution < -0.4 is 10.6 Å². The molecule has 1 aromatic carbocycles. The average Bonchev–Trinajstić information content (AvgIpc) is 2.91. The van der Waals surface area contributed by atoms with Crippen molar-refractivity contribution in [3.05, 3.63) is 22.7 Å². The van der Waals surface area contributed by atoms with Gasteiger partial charge in [-0.05, 0) is 31.2 Å². The van der Waals surface area contributed by atoms with Crippen molar-refractivity contribution in [3.63, 3.8) is 0 Å². The van der Waals surface area contributed by atoms with Crippen LogP contribution in [0.2, 0.25) is 5.02 Å². The van der Waals surface area contributed by atoms with E-state index in [1.807, 2.05) is 18.8 Å². The summed E-state index contributed by atoms with van der Waals surface area (Å²) in [5, 5.41) is 0.493. The highest BCUT2D eigenvalue weighted by atomic mass is 35.5. The second-order valence-electron chi connectivity index (χ2n) is 4.75. The van der Waals surface area contributed by atoms with E-state index in [4.69, 9.17) is 22.1 Å². The maximum absolute atomic E-state index is 12.1. The number of nitrogen functional groups attached to an aromatic ring is 1. The molecule has 1 saturated heterocycles. The van der Waals surface area contributed by atoms with Gasteiger partial charge in [0.2, 0.25) is 0 Å². The number of nitrogens with zero attached hydrogens (tertiary/aromatic N) is 1. The lowest BCUT2D eigenvalue weighted by atomic mass is 10.1. The molecule has 110 valence electrons. The molecule has 0 aromatic heterocycles. The largest absolute Gasteiger partial charge is 0.462 e. The predicted molar refractivity (Wildman–Crippen MR) is 86.0 cm³/mol. The number of thioether (sulfide) groups is 1. The molecule has 1 atom stereocenters. The number of ether oxygens (including phenoxy) is 1. The number of benzene rings is 1. The molecule has 2 rings (SSSR count). The first-order valence-corrected chi connectivity index (χ1v) is 8.14. The third-order valence-corrected chi connectivity index (χ3v) is 4.82. The SMILES string of the molecule is CCOC(=O)c1cc(N)cc(Cl)c1N(C)C1CCSC1. The van der Waals surface area contributed by atoms with Crippen LogP contribution in [-0.4, -0.2) is 37.2 Å². The molecule has 1 heterocycles. The van der Waals surface area contributed by atoms with E-state index in [1.165, 1.54) is 0 Å². The molecule has 1 unspecified atom stereocenters. The fourth-order valence-corrected chi connectivity index (χ4v) is 3.98. The zero-order valence-corrected chi connectivity index (χ0v) is 13.3. The minimum absolute atomic E-state index is 0.327. The molecule has 0 saturated carbocycles. The van der Waals surface area contributed by atoms with Crippen molar-refractivity contribution < 1.29 is 9.53 Å². The number of carbonyl (C=O) groups excluding carboxylic acids is 1. The molecule has 1 aliphatic heterocycles. The summed E-state index contributed by atoms with van der Waals surface area (Å²) in [4.78, 5) is 14.2. The zero-order chi connectivity index (χ0) is 14.7. The third-order valence-electron chi connectivity index (χ3n) is 3.39. The molecule has 1 aromatic rings. The number of halogens is 1. The van der Waals surface area contributed by atoms with Crippen molar-refractivity contribution in [2.24, 2.45) is 0 Å². The standard InChI is InChI=1S/C14H19ClN2O2S/c1-3-19-14(18)11-6-9(16)7-12(15)13(11)17(2)10-4-5-20-8-10/h6-7,10H,3-5,8,16H2,1-2H3. The Bertz CT molecular complexity index is 504. The van der Waals surface area contributed by atoms with Gasteiger partial charge in [-0.2, -0.15) is 11.8 Å². The Hall–Kier alpha value is -1.07. The lowest BCUT2D eigenvalue weighted by molar-refractivity contribution is 0.0527. The summed E-state index contributed by atoms with van der Waals surface area (Å²) in [5.41, 5.74) is 7.43. The fourth-order valence-electron chi connectivity index (χ4n) is 2.35. The van der Waals surface area contributed by atoms with Crippen molar-refractivity contribution in [2.45, 2.75) is 19.4 Å². The number of nitrogens with two attached hydrogens (primary N) is 1. The van der Waals surface area contributed by atoms with Gasteiger partial charge in [0, 0.05) is 24.5 Å². The molecule has 20 heavy (non-hydrogen) atoms. The lowest BCUT2D eigenvalue weighted by Gasteiger charge is -2.28. The van der Waals surface area contributed by atoms with Crippen molar-refractivity contribution in [1.29, 1.82) is 0 Å². The van der Waals surface area contributed by atoms with Gasteiger partial charge in [-0.15, -0.1) is 0 Å². The van der Waals surface area contributed by atoms with Crippen LogP contribution in [0.3, 0.4) is 0 Å². The molecule has 6 heteroatoms. The third kappa shape index (κ3) is 3.15. The topological polar surface area (TPSA) is 55.6 Å². The molecule has 2 N–H and O–H groups in total. The van der Waals surface area contributed by atoms with E-state index in [9.17, 15) is 4.79 Å². The molecule has 0 spiro atoms. The Balaban J connectivity index is 2.41. The monoisotopic (exact) mass is 314 g/mol. The van der Waals surface area contributed by atoms with E-state index in [2.05, 4.69) is 4.90 Å². The van der Waals surface area contributed by atoms with E-state index in [1.54, 1.807) is 19.1 Å². The first kappa shape index (κ1) is 15.3. The summed E-state index contributed by atoms with van der Waals surface area (Å²) in [7, 11) is 1.97. The first-order chi connectivity index (χ1) is 9.54. The van der Waals surface area contributed by atoms with Crippen LogP contribution >= 0.6 is 23.4 Å². The Morgan fingerprint density at radius 3 is 2.95 bits per heavy atom. The zero-order valence-electron chi connectivity index (χ0n) is 11.7. The Morgan fingerprint density at radius 2 is 2.35 bits per heavy atom. The predicted octanol–water partition coefficient (Wildman–Crippen LogP) is 3.04. The normalized spacial score (nSPS) is 18.1. The Labute approximate surface area is 128 Å². The van der Waals surface area contributed by atoms with Crippen LogP contribution in [0.1, 0.15) is 23.7 Å². The van der Waals surface area contributed by atoms with Crippen LogP contribution in [-0.2, 0) is 4.74 Å². The molecule has 1 fully saturated rings. The van der Waals surface area contributed by atoms with E-state index in [0.29, 0.717) is 34.6 Å². The number of hydrogen-bond donors (Lipinski definition) is 1. The second-order valence-corrected chi connectivity index (χ2v) is 6.30. The second kappa shape index (κ2) is 6.59. The summed E-state index contributed by atoms with van der Waals surface area (Å²) < 4.78 is 5.11. The average molecular weight is 315 g/mol. The van der Waals surface area contributed by atoms with E-state index in [0.717, 1.165) is 17.9 Å². The molecule has 0 bridgehead atoms. The van der Waals surface area contributed by atoms with Crippen molar-refractivity contribution in [1.82, 2.24) is 0 Å². The highest BCUT2D eigenvalue weighted by molar-refractivity contribution is 7.99. The minimum Gasteiger partial charge on any atom is -0.462 e. The van der Waals surface area contributed by atoms with Gasteiger partial charge in [0.15, 0.2) is 0 Å². The summed E-state index contributed by atoms with van der Waals surface area (Å²) >= 11 is 8.23. The first-order valence-electron chi connectivity index (χ1n) is 6.61. The lowest BCUT2D eigenvalue weighted by Crippen LogP contribution is -2.33. The molecular weight excluding hydrogens is 296 g/mol. The van der Waals surface area contributed by atoms with E-state index < -0.39 is 0 Å². The number of hydrogen-bond acceptors (Lipinski definition) is 5. The van der Waals surface area contributed by atoms with Gasteiger partial charge < -0.3 is 15.4 Å². The van der Waals surface area contributed by atoms with Gasteiger partial charge in [0.1, 0.15) is 0 Å². The molecule has 0 radical (unpaired) electrons. The molecular formula is C14H19ClN2O2S. The van der Waals surface area contributed by atoms with E-state index in [-0.39, 0.29) is 5.97 Å². The van der Waals surface area contributed by atoms with Gasteiger partial charge in [0.25, 0.3) is 0 Å². The van der Waals surface area contributed by atoms with Crippen LogP contribution in [0.4, 0.5) is 11.4 Å². The van der Waals surface area contributed by atoms with E-state index >= 15 is 0 Å². The highest BCUT2D eigenvalue weighted by Gasteiger charge is 2.26. The van der Waals surface area contributed by atoms with Crippen LogP contribution in [0.15, 0.2) is 12.1 Å². The number of carbonyl (C=O) groups is 1. The van der Waals surface area contributed by atoms with Gasteiger partial charge in [0.05, 0.1) is 22.9 Å². The smallest absolute Gasteiger partial charge is 0.340 e. The van der Waals surface area contributed by atoms with Crippen LogP contribution in [0.25, 0.3) is 0 Å². The van der Waals surface area contributed by atoms with Gasteiger partial charge in [-0.25, -0.2) is 4.79 Å². The maximum Gasteiger partial charge on any atom is 0.340 e. The van der Waals surface area contributed by atoms with Crippen molar-refractivity contribution in [3.8, 4) is 0 Å². The minimum atomic E-state index is -0.380. The Morgan fingerprint density at radius 1 is 1.60 bits per heavy atom. The summed E-state index contributed by atoms with van der Waals surface area (Å²) in [6.45, 7) is 2.11. The summed E-state index contributed by atoms with van der Waals surface area (Å²) in [6.07, 6.45) is 1.09. The molecule has 0 amide bonds. The van der Waals surface area contributed by atoms with Gasteiger partial charge in [-0.1, -0.05) is 11.6 Å². The van der Waals surface area contributed by atoms with Crippen molar-refractivity contribution >= 4 is 40.7 Å². The van der Waals surface area contributed by atoms with Crippen molar-refractivity contribution in [2.75, 3.05) is 35.8 Å². The summed E-state index contributed by atoms with van der Waals surface area (Å²) in [5.74, 6) is 1.80. The maximum atomic E-state index is 12.1.